The summed E-state index contributed by atoms with van der Waals surface area (Å²) in [4.78, 5) is 41.0. The van der Waals surface area contributed by atoms with Crippen molar-refractivity contribution in [3.63, 3.8) is 0 Å². The quantitative estimate of drug-likeness (QED) is 0.104. The third kappa shape index (κ3) is 9.41. The maximum atomic E-state index is 13.1. The van der Waals surface area contributed by atoms with Gasteiger partial charge in [0.1, 0.15) is 16.6 Å². The average Bonchev–Trinajstić information content (AvgIpc) is 3.77. The lowest BCUT2D eigenvalue weighted by molar-refractivity contribution is -0.202. The van der Waals surface area contributed by atoms with E-state index >= 15 is 0 Å². The Kier molecular flexibility index (Phi) is 11.6. The topological polar surface area (TPSA) is 194 Å². The van der Waals surface area contributed by atoms with Crippen molar-refractivity contribution in [3.8, 4) is 0 Å². The van der Waals surface area contributed by atoms with Crippen LogP contribution in [-0.4, -0.2) is 96.9 Å². The van der Waals surface area contributed by atoms with Crippen molar-refractivity contribution in [2.24, 2.45) is 16.3 Å². The number of aromatic nitrogens is 2. The Morgan fingerprint density at radius 2 is 1.36 bits per heavy atom. The summed E-state index contributed by atoms with van der Waals surface area (Å²) in [6.45, 7) is 11.7. The average molecular weight is 731 g/mol. The molecular weight excluding hydrogens is 686 g/mol. The second-order valence-corrected chi connectivity index (χ2v) is 14.6. The SMILES string of the molecule is CC(C)(C)OC(=O)N1CCC[C@H]1C(N)=NO.CC(C)(C)OC(=O)N1CCC[C@H]1c1noc(C2(C(F)(F)F)CC2)n1.O=C(O)C1(C(F)(F)F)CC1. The van der Waals surface area contributed by atoms with Gasteiger partial charge in [-0.15, -0.1) is 0 Å². The number of halogens is 6. The van der Waals surface area contributed by atoms with E-state index in [1.165, 1.54) is 9.80 Å². The lowest BCUT2D eigenvalue weighted by Crippen LogP contribution is -2.45. The molecule has 0 bridgehead atoms. The number of amides is 2. The molecule has 2 atom stereocenters. The van der Waals surface area contributed by atoms with Gasteiger partial charge in [0.2, 0.25) is 5.89 Å². The van der Waals surface area contributed by atoms with Crippen molar-refractivity contribution >= 4 is 24.0 Å². The number of likely N-dealkylation sites (tertiary alicyclic amines) is 2. The number of aliphatic carboxylic acids is 1. The van der Waals surface area contributed by atoms with Gasteiger partial charge in [-0.2, -0.15) is 31.3 Å². The molecule has 2 saturated carbocycles. The summed E-state index contributed by atoms with van der Waals surface area (Å²) in [5, 5.41) is 23.4. The minimum absolute atomic E-state index is 0.0431. The van der Waals surface area contributed by atoms with Gasteiger partial charge < -0.3 is 30.0 Å². The summed E-state index contributed by atoms with van der Waals surface area (Å²) in [6.07, 6.45) is -7.73. The summed E-state index contributed by atoms with van der Waals surface area (Å²) in [5.74, 6) is -1.98. The third-order valence-electron chi connectivity index (χ3n) is 8.36. The minimum atomic E-state index is -4.57. The van der Waals surface area contributed by atoms with Gasteiger partial charge in [-0.05, 0) is 92.9 Å². The molecule has 2 amide bonds. The number of carboxylic acid groups (broad SMARTS) is 1. The molecule has 20 heteroatoms. The Morgan fingerprint density at radius 1 is 0.860 bits per heavy atom. The molecule has 0 spiro atoms. The number of oxime groups is 1. The van der Waals surface area contributed by atoms with Gasteiger partial charge in [-0.3, -0.25) is 14.6 Å². The highest BCUT2D eigenvalue weighted by Crippen LogP contribution is 2.59. The largest absolute Gasteiger partial charge is 0.481 e. The Balaban J connectivity index is 0.000000224. The number of hydrogen-bond acceptors (Lipinski definition) is 10. The number of nitrogens with two attached hydrogens (primary N) is 1. The fraction of sp³-hybridized carbons (Fsp3) is 0.800. The van der Waals surface area contributed by atoms with Gasteiger partial charge in [0.05, 0.1) is 12.1 Å². The van der Waals surface area contributed by atoms with Gasteiger partial charge >= 0.3 is 30.5 Å². The first kappa shape index (κ1) is 40.4. The number of hydrogen-bond donors (Lipinski definition) is 3. The standard InChI is InChI=1S/C15H20F3N3O3.C10H19N3O3.C5H5F3O2/c1-13(2,3)23-12(22)21-8-4-5-9(21)10-19-11(24-20-10)14(6-7-14)15(16,17)18;1-10(2,3)16-9(14)13-6-4-5-7(13)8(11)12-15;6-5(7,8)4(1-2-4)3(9)10/h9H,4-8H2,1-3H3;7,15H,4-6H2,1-3H3,(H2,11,12);1-2H2,(H,9,10)/t9-;7-;/m00./s1. The van der Waals surface area contributed by atoms with E-state index in [-0.39, 0.29) is 43.4 Å². The Morgan fingerprint density at radius 3 is 1.76 bits per heavy atom. The highest BCUT2D eigenvalue weighted by molar-refractivity contribution is 5.89. The van der Waals surface area contributed by atoms with Crippen LogP contribution in [0.4, 0.5) is 35.9 Å². The van der Waals surface area contributed by atoms with Crippen LogP contribution in [0.3, 0.4) is 0 Å². The lowest BCUT2D eigenvalue weighted by atomic mass is 10.1. The molecule has 2 saturated heterocycles. The number of nitrogens with zero attached hydrogens (tertiary/aromatic N) is 5. The molecule has 284 valence electrons. The van der Waals surface area contributed by atoms with Crippen molar-refractivity contribution in [3.05, 3.63) is 11.7 Å². The third-order valence-corrected chi connectivity index (χ3v) is 8.36. The number of amidine groups is 1. The Bertz CT molecular complexity index is 1410. The summed E-state index contributed by atoms with van der Waals surface area (Å²) in [5.41, 5.74) is -0.0656. The lowest BCUT2D eigenvalue weighted by Gasteiger charge is -2.27. The predicted molar refractivity (Wildman–Crippen MR) is 161 cm³/mol. The van der Waals surface area contributed by atoms with Crippen LogP contribution in [0.1, 0.15) is 111 Å². The number of carboxylic acids is 1. The van der Waals surface area contributed by atoms with E-state index in [4.69, 9.17) is 30.0 Å². The Labute approximate surface area is 284 Å². The van der Waals surface area contributed by atoms with Crippen LogP contribution >= 0.6 is 0 Å². The Hall–Kier alpha value is -4.00. The van der Waals surface area contributed by atoms with E-state index in [1.807, 2.05) is 0 Å². The predicted octanol–water partition coefficient (Wildman–Crippen LogP) is 6.28. The van der Waals surface area contributed by atoms with Crippen LogP contribution < -0.4 is 5.73 Å². The van der Waals surface area contributed by atoms with Crippen LogP contribution in [0.5, 0.6) is 0 Å². The first-order valence-corrected chi connectivity index (χ1v) is 16.0. The van der Waals surface area contributed by atoms with E-state index in [1.54, 1.807) is 41.5 Å². The zero-order valence-electron chi connectivity index (χ0n) is 28.7. The highest BCUT2D eigenvalue weighted by Gasteiger charge is 2.69. The summed E-state index contributed by atoms with van der Waals surface area (Å²) in [6, 6.07) is -0.860. The molecule has 2 aliphatic carbocycles. The van der Waals surface area contributed by atoms with E-state index in [2.05, 4.69) is 15.3 Å². The van der Waals surface area contributed by atoms with Gasteiger partial charge in [-0.25, -0.2) is 9.59 Å². The second kappa shape index (κ2) is 14.3. The number of carbonyl (C=O) groups excluding carboxylic acids is 2. The smallest absolute Gasteiger partial charge is 0.410 e. The van der Waals surface area contributed by atoms with Crippen molar-refractivity contribution in [2.45, 2.75) is 134 Å². The number of carbonyl (C=O) groups is 3. The van der Waals surface area contributed by atoms with Crippen molar-refractivity contribution in [2.75, 3.05) is 13.1 Å². The zero-order valence-corrected chi connectivity index (χ0v) is 28.7. The van der Waals surface area contributed by atoms with Crippen LogP contribution in [0.25, 0.3) is 0 Å². The monoisotopic (exact) mass is 730 g/mol. The first-order valence-electron chi connectivity index (χ1n) is 16.0. The summed E-state index contributed by atoms with van der Waals surface area (Å²) in [7, 11) is 0. The molecule has 0 radical (unpaired) electrons. The molecule has 3 heterocycles. The highest BCUT2D eigenvalue weighted by atomic mass is 19.4. The van der Waals surface area contributed by atoms with Crippen LogP contribution in [-0.2, 0) is 19.7 Å². The van der Waals surface area contributed by atoms with E-state index in [0.717, 1.165) is 6.42 Å². The summed E-state index contributed by atoms with van der Waals surface area (Å²) < 4.78 is 90.2. The van der Waals surface area contributed by atoms with Crippen molar-refractivity contribution in [1.82, 2.24) is 19.9 Å². The molecule has 4 aliphatic rings. The maximum Gasteiger partial charge on any atom is 0.410 e. The van der Waals surface area contributed by atoms with Crippen molar-refractivity contribution < 1.29 is 65.0 Å². The van der Waals surface area contributed by atoms with E-state index in [9.17, 15) is 40.7 Å². The molecule has 2 aliphatic heterocycles. The van der Waals surface area contributed by atoms with Gasteiger partial charge in [0.15, 0.2) is 17.1 Å². The number of ether oxygens (including phenoxy) is 2. The molecule has 5 rings (SSSR count). The summed E-state index contributed by atoms with van der Waals surface area (Å²) >= 11 is 0. The molecular formula is C30H44F6N6O8. The second-order valence-electron chi connectivity index (χ2n) is 14.6. The van der Waals surface area contributed by atoms with Gasteiger partial charge in [-0.1, -0.05) is 10.3 Å². The molecule has 14 nitrogen and oxygen atoms in total. The van der Waals surface area contributed by atoms with Gasteiger partial charge in [0, 0.05) is 13.1 Å². The molecule has 50 heavy (non-hydrogen) atoms. The molecule has 1 aromatic heterocycles. The number of alkyl halides is 6. The van der Waals surface area contributed by atoms with E-state index in [0.29, 0.717) is 32.4 Å². The van der Waals surface area contributed by atoms with Crippen molar-refractivity contribution in [1.29, 1.82) is 0 Å². The minimum Gasteiger partial charge on any atom is -0.481 e. The molecule has 0 aromatic carbocycles. The van der Waals surface area contributed by atoms with Crippen LogP contribution in [0, 0.1) is 5.41 Å². The van der Waals surface area contributed by atoms with Crippen LogP contribution in [0.2, 0.25) is 0 Å². The fourth-order valence-corrected chi connectivity index (χ4v) is 5.31. The van der Waals surface area contributed by atoms with E-state index < -0.39 is 64.5 Å². The maximum absolute atomic E-state index is 13.1. The molecule has 4 fully saturated rings. The number of rotatable bonds is 4. The molecule has 1 aromatic rings. The molecule has 4 N–H and O–H groups in total. The fourth-order valence-electron chi connectivity index (χ4n) is 5.31. The zero-order chi connectivity index (χ0) is 38.1. The normalized spacial score (nSPS) is 22.8. The van der Waals surface area contributed by atoms with Gasteiger partial charge in [0.25, 0.3) is 0 Å². The van der Waals surface area contributed by atoms with Crippen LogP contribution in [0.15, 0.2) is 9.68 Å². The first-order chi connectivity index (χ1) is 22.8. The molecule has 0 unspecified atom stereocenters.